The van der Waals surface area contributed by atoms with E-state index in [-0.39, 0.29) is 12.0 Å². The Labute approximate surface area is 92.7 Å². The molecule has 2 nitrogen and oxygen atoms in total. The summed E-state index contributed by atoms with van der Waals surface area (Å²) in [5.74, 6) is 0.752. The number of aliphatic hydroxyl groups is 2. The largest absolute Gasteiger partial charge is 0.396 e. The van der Waals surface area contributed by atoms with Gasteiger partial charge in [0.1, 0.15) is 0 Å². The van der Waals surface area contributed by atoms with E-state index < -0.39 is 5.60 Å². The second-order valence-electron chi connectivity index (χ2n) is 5.86. The van der Waals surface area contributed by atoms with Crippen LogP contribution in [0, 0.1) is 11.3 Å². The molecule has 0 bridgehead atoms. The lowest BCUT2D eigenvalue weighted by atomic mass is 9.63. The van der Waals surface area contributed by atoms with Crippen LogP contribution in [0.15, 0.2) is 0 Å². The number of aliphatic hydroxyl groups excluding tert-OH is 1. The molecule has 2 aliphatic carbocycles. The number of rotatable bonds is 2. The van der Waals surface area contributed by atoms with E-state index in [0.717, 1.165) is 44.4 Å². The summed E-state index contributed by atoms with van der Waals surface area (Å²) in [5, 5.41) is 20.4. The highest BCUT2D eigenvalue weighted by atomic mass is 16.3. The first kappa shape index (κ1) is 11.4. The fourth-order valence-corrected chi connectivity index (χ4v) is 3.59. The van der Waals surface area contributed by atoms with Gasteiger partial charge in [-0.15, -0.1) is 0 Å². The Hall–Kier alpha value is -0.0800. The van der Waals surface area contributed by atoms with Crippen molar-refractivity contribution in [2.75, 3.05) is 6.61 Å². The minimum Gasteiger partial charge on any atom is -0.396 e. The third-order valence-corrected chi connectivity index (χ3v) is 4.95. The van der Waals surface area contributed by atoms with Crippen molar-refractivity contribution < 1.29 is 10.2 Å². The smallest absolute Gasteiger partial charge is 0.0725 e. The first-order valence-corrected chi connectivity index (χ1v) is 6.45. The van der Waals surface area contributed by atoms with Crippen LogP contribution < -0.4 is 0 Å². The highest BCUT2D eigenvalue weighted by Gasteiger charge is 2.51. The summed E-state index contributed by atoms with van der Waals surface area (Å²) < 4.78 is 0. The molecule has 0 atom stereocenters. The van der Waals surface area contributed by atoms with E-state index in [2.05, 4.69) is 6.92 Å². The van der Waals surface area contributed by atoms with Crippen LogP contribution in [0.5, 0.6) is 0 Å². The normalized spacial score (nSPS) is 40.6. The van der Waals surface area contributed by atoms with Crippen LogP contribution in [-0.2, 0) is 0 Å². The Kier molecular flexibility index (Phi) is 3.09. The second kappa shape index (κ2) is 4.06. The fraction of sp³-hybridized carbons (Fsp3) is 1.00. The molecule has 2 N–H and O–H groups in total. The van der Waals surface area contributed by atoms with Gasteiger partial charge in [-0.2, -0.15) is 0 Å². The van der Waals surface area contributed by atoms with E-state index in [0.29, 0.717) is 0 Å². The molecule has 2 rings (SSSR count). The third kappa shape index (κ3) is 1.83. The molecule has 88 valence electrons. The lowest BCUT2D eigenvalue weighted by molar-refractivity contribution is -0.133. The van der Waals surface area contributed by atoms with Crippen LogP contribution in [0.3, 0.4) is 0 Å². The zero-order chi connectivity index (χ0) is 10.9. The van der Waals surface area contributed by atoms with Crippen molar-refractivity contribution in [3.8, 4) is 0 Å². The van der Waals surface area contributed by atoms with Gasteiger partial charge in [-0.1, -0.05) is 19.8 Å². The topological polar surface area (TPSA) is 40.5 Å². The van der Waals surface area contributed by atoms with Gasteiger partial charge >= 0.3 is 0 Å². The maximum Gasteiger partial charge on any atom is 0.0725 e. The van der Waals surface area contributed by atoms with Crippen molar-refractivity contribution >= 4 is 0 Å². The van der Waals surface area contributed by atoms with Gasteiger partial charge in [0.15, 0.2) is 0 Å². The quantitative estimate of drug-likeness (QED) is 0.738. The molecule has 2 fully saturated rings. The zero-order valence-corrected chi connectivity index (χ0v) is 9.84. The molecule has 0 aliphatic heterocycles. The van der Waals surface area contributed by atoms with Crippen LogP contribution in [-0.4, -0.2) is 22.4 Å². The van der Waals surface area contributed by atoms with E-state index in [1.54, 1.807) is 0 Å². The first-order valence-electron chi connectivity index (χ1n) is 6.45. The van der Waals surface area contributed by atoms with Gasteiger partial charge in [0.25, 0.3) is 0 Å². The summed E-state index contributed by atoms with van der Waals surface area (Å²) in [6.45, 7) is 2.44. The van der Waals surface area contributed by atoms with Gasteiger partial charge in [-0.25, -0.2) is 0 Å². The maximum atomic E-state index is 10.8. The van der Waals surface area contributed by atoms with Crippen LogP contribution >= 0.6 is 0 Å². The van der Waals surface area contributed by atoms with E-state index in [4.69, 9.17) is 0 Å². The van der Waals surface area contributed by atoms with Gasteiger partial charge in [0.2, 0.25) is 0 Å². The Morgan fingerprint density at radius 3 is 2.07 bits per heavy atom. The van der Waals surface area contributed by atoms with Crippen molar-refractivity contribution in [1.29, 1.82) is 0 Å². The molecule has 15 heavy (non-hydrogen) atoms. The minimum atomic E-state index is -0.565. The highest BCUT2D eigenvalue weighted by Crippen LogP contribution is 2.52. The van der Waals surface area contributed by atoms with Crippen LogP contribution in [0.25, 0.3) is 0 Å². The summed E-state index contributed by atoms with van der Waals surface area (Å²) in [7, 11) is 0. The third-order valence-electron chi connectivity index (χ3n) is 4.95. The Bertz CT molecular complexity index is 211. The minimum absolute atomic E-state index is 0.160. The van der Waals surface area contributed by atoms with Crippen molar-refractivity contribution in [3.63, 3.8) is 0 Å². The monoisotopic (exact) mass is 212 g/mol. The molecule has 2 saturated carbocycles. The van der Waals surface area contributed by atoms with E-state index in [1.807, 2.05) is 0 Å². The maximum absolute atomic E-state index is 10.8. The van der Waals surface area contributed by atoms with Gasteiger partial charge in [0.05, 0.1) is 12.2 Å². The molecule has 0 unspecified atom stereocenters. The van der Waals surface area contributed by atoms with Crippen molar-refractivity contribution in [3.05, 3.63) is 0 Å². The predicted octanol–water partition coefficient (Wildman–Crippen LogP) is 2.48. The summed E-state index contributed by atoms with van der Waals surface area (Å²) in [5.41, 5.74) is -0.724. The van der Waals surface area contributed by atoms with Crippen LogP contribution in [0.4, 0.5) is 0 Å². The first-order chi connectivity index (χ1) is 7.12. The molecular formula is C13H24O2. The molecule has 0 aromatic rings. The summed E-state index contributed by atoms with van der Waals surface area (Å²) in [6.07, 6.45) is 8.44. The summed E-state index contributed by atoms with van der Waals surface area (Å²) in [6, 6.07) is 0. The van der Waals surface area contributed by atoms with Gasteiger partial charge in [0, 0.05) is 5.41 Å². The van der Waals surface area contributed by atoms with E-state index in [1.165, 1.54) is 12.8 Å². The molecule has 0 aromatic heterocycles. The fourth-order valence-electron chi connectivity index (χ4n) is 3.59. The van der Waals surface area contributed by atoms with Crippen LogP contribution in [0.2, 0.25) is 0 Å². The Morgan fingerprint density at radius 1 is 1.07 bits per heavy atom. The molecule has 0 radical (unpaired) electrons. The van der Waals surface area contributed by atoms with Gasteiger partial charge in [-0.05, 0) is 44.4 Å². The summed E-state index contributed by atoms with van der Waals surface area (Å²) >= 11 is 0. The molecule has 0 saturated heterocycles. The predicted molar refractivity (Wildman–Crippen MR) is 60.6 cm³/mol. The summed E-state index contributed by atoms with van der Waals surface area (Å²) in [4.78, 5) is 0. The van der Waals surface area contributed by atoms with Gasteiger partial charge < -0.3 is 10.2 Å². The molecule has 0 aromatic carbocycles. The standard InChI is InChI=1S/C13H24O2/c1-11-4-8-13(15,9-5-11)12(10-14)6-2-3-7-12/h11,14-15H,2-10H2,1H3. The SMILES string of the molecule is CC1CCC(O)(C2(CO)CCCC2)CC1. The van der Waals surface area contributed by atoms with E-state index >= 15 is 0 Å². The van der Waals surface area contributed by atoms with Crippen molar-refractivity contribution in [2.45, 2.75) is 63.9 Å². The van der Waals surface area contributed by atoms with Gasteiger partial charge in [-0.3, -0.25) is 0 Å². The molecule has 0 spiro atoms. The average molecular weight is 212 g/mol. The van der Waals surface area contributed by atoms with Crippen molar-refractivity contribution in [2.24, 2.45) is 11.3 Å². The average Bonchev–Trinajstić information content (AvgIpc) is 2.73. The molecule has 0 amide bonds. The number of hydrogen-bond donors (Lipinski definition) is 2. The molecule has 2 heteroatoms. The number of hydrogen-bond acceptors (Lipinski definition) is 2. The lowest BCUT2D eigenvalue weighted by Gasteiger charge is -2.47. The van der Waals surface area contributed by atoms with E-state index in [9.17, 15) is 10.2 Å². The second-order valence-corrected chi connectivity index (χ2v) is 5.86. The molecule has 2 aliphatic rings. The zero-order valence-electron chi connectivity index (χ0n) is 9.84. The Morgan fingerprint density at radius 2 is 1.60 bits per heavy atom. The Balaban J connectivity index is 2.12. The van der Waals surface area contributed by atoms with Crippen molar-refractivity contribution in [1.82, 2.24) is 0 Å². The molecular weight excluding hydrogens is 188 g/mol. The lowest BCUT2D eigenvalue weighted by Crippen LogP contribution is -2.51. The molecule has 0 heterocycles. The highest BCUT2D eigenvalue weighted by molar-refractivity contribution is 5.03. The van der Waals surface area contributed by atoms with Crippen LogP contribution in [0.1, 0.15) is 58.3 Å².